The normalized spacial score (nSPS) is 17.5. The van der Waals surface area contributed by atoms with Gasteiger partial charge in [-0.1, -0.05) is 31.5 Å². The number of amides is 3. The first kappa shape index (κ1) is 32.0. The minimum Gasteiger partial charge on any atom is -0.369 e. The quantitative estimate of drug-likeness (QED) is 0.130. The van der Waals surface area contributed by atoms with Crippen LogP contribution >= 0.6 is 0 Å². The van der Waals surface area contributed by atoms with Crippen LogP contribution in [0, 0.1) is 12.8 Å². The molecule has 2 rings (SSSR count). The lowest BCUT2D eigenvalue weighted by Crippen LogP contribution is -2.55. The maximum Gasteiger partial charge on any atom is 0.264 e. The van der Waals surface area contributed by atoms with Crippen molar-refractivity contribution in [3.63, 3.8) is 0 Å². The van der Waals surface area contributed by atoms with E-state index in [4.69, 9.17) is 11.5 Å². The molecule has 0 aliphatic carbocycles. The van der Waals surface area contributed by atoms with Crippen LogP contribution in [0.1, 0.15) is 58.4 Å². The number of hydrogen-bond donors (Lipinski definition) is 5. The second-order valence-corrected chi connectivity index (χ2v) is 11.9. The minimum absolute atomic E-state index is 0.0598. The average Bonchev–Trinajstić information content (AvgIpc) is 3.35. The number of hydrogen-bond acceptors (Lipinski definition) is 7. The molecule has 0 bridgehead atoms. The van der Waals surface area contributed by atoms with Crippen LogP contribution in [0.3, 0.4) is 0 Å². The maximum atomic E-state index is 13.5. The summed E-state index contributed by atoms with van der Waals surface area (Å²) in [6, 6.07) is 4.02. The third-order valence-corrected chi connectivity index (χ3v) is 7.74. The number of aryl methyl sites for hydroxylation is 1. The molecular weight excluding hydrogens is 522 g/mol. The minimum atomic E-state index is -3.88. The average molecular weight is 566 g/mol. The van der Waals surface area contributed by atoms with Crippen molar-refractivity contribution < 1.29 is 22.8 Å². The molecule has 1 aliphatic rings. The molecular formula is C26H43N7O5S. The smallest absolute Gasteiger partial charge is 0.264 e. The van der Waals surface area contributed by atoms with E-state index in [9.17, 15) is 22.8 Å². The monoisotopic (exact) mass is 565 g/mol. The fourth-order valence-electron chi connectivity index (χ4n) is 4.39. The highest BCUT2D eigenvalue weighted by molar-refractivity contribution is 7.90. The Hall–Kier alpha value is -3.19. The van der Waals surface area contributed by atoms with E-state index in [0.717, 1.165) is 5.56 Å². The second-order valence-electron chi connectivity index (χ2n) is 10.2. The van der Waals surface area contributed by atoms with E-state index in [1.807, 2.05) is 27.7 Å². The molecule has 1 heterocycles. The molecule has 39 heavy (non-hydrogen) atoms. The van der Waals surface area contributed by atoms with E-state index >= 15 is 0 Å². The first-order valence-corrected chi connectivity index (χ1v) is 14.9. The number of likely N-dealkylation sites (N-methyl/N-ethyl adjacent to an activating group) is 1. The third kappa shape index (κ3) is 9.81. The summed E-state index contributed by atoms with van der Waals surface area (Å²) in [5.41, 5.74) is 12.8. The lowest BCUT2D eigenvalue weighted by atomic mass is 10.0. The van der Waals surface area contributed by atoms with Gasteiger partial charge in [-0.25, -0.2) is 13.1 Å². The lowest BCUT2D eigenvalue weighted by molar-refractivity contribution is -0.141. The summed E-state index contributed by atoms with van der Waals surface area (Å²) in [6.07, 6.45) is 2.22. The van der Waals surface area contributed by atoms with Crippen molar-refractivity contribution in [1.29, 1.82) is 0 Å². The maximum absolute atomic E-state index is 13.5. The molecule has 1 saturated heterocycles. The summed E-state index contributed by atoms with van der Waals surface area (Å²) in [5, 5.41) is 5.53. The topological polar surface area (TPSA) is 189 Å². The van der Waals surface area contributed by atoms with Crippen molar-refractivity contribution in [3.05, 3.63) is 29.8 Å². The summed E-state index contributed by atoms with van der Waals surface area (Å²) >= 11 is 0. The van der Waals surface area contributed by atoms with E-state index < -0.39 is 34.1 Å². The van der Waals surface area contributed by atoms with Crippen LogP contribution in [-0.4, -0.2) is 74.8 Å². The Morgan fingerprint density at radius 3 is 2.46 bits per heavy atom. The van der Waals surface area contributed by atoms with E-state index in [1.54, 1.807) is 12.1 Å². The summed E-state index contributed by atoms with van der Waals surface area (Å²) in [4.78, 5) is 44.4. The number of benzene rings is 1. The lowest BCUT2D eigenvalue weighted by Gasteiger charge is -2.29. The van der Waals surface area contributed by atoms with Gasteiger partial charge in [0.05, 0.1) is 10.9 Å². The number of likely N-dealkylation sites (tertiary alicyclic amines) is 1. The standard InChI is InChI=1S/C26H43N7O5S/c1-5-29-24(35)22-9-7-15-33(22)25(36)21(31-23(34)20(27)16-17(2)3)8-6-14-30-26(28)32-39(37,38)19-12-10-18(4)11-13-19/h10-13,17,20-22H,5-9,14-16,27H2,1-4H3,(H,29,35)(H,31,34)(H3,28,30,32)/t20-,21-,22-/m0/s1. The van der Waals surface area contributed by atoms with Crippen LogP contribution in [0.15, 0.2) is 34.2 Å². The second kappa shape index (κ2) is 14.8. The molecule has 0 aromatic heterocycles. The van der Waals surface area contributed by atoms with E-state index in [0.29, 0.717) is 38.8 Å². The number of nitrogens with zero attached hydrogens (tertiary/aromatic N) is 2. The van der Waals surface area contributed by atoms with Gasteiger partial charge in [-0.15, -0.1) is 0 Å². The molecule has 1 aromatic rings. The molecule has 0 radical (unpaired) electrons. The van der Waals surface area contributed by atoms with Crippen LogP contribution in [0.4, 0.5) is 0 Å². The molecule has 1 fully saturated rings. The Balaban J connectivity index is 2.07. The van der Waals surface area contributed by atoms with Crippen molar-refractivity contribution >= 4 is 33.7 Å². The van der Waals surface area contributed by atoms with Gasteiger partial charge < -0.3 is 27.0 Å². The molecule has 218 valence electrons. The number of aliphatic imine (C=N–C) groups is 1. The first-order chi connectivity index (χ1) is 18.4. The van der Waals surface area contributed by atoms with Gasteiger partial charge >= 0.3 is 0 Å². The number of nitrogens with one attached hydrogen (secondary N) is 3. The molecule has 7 N–H and O–H groups in total. The van der Waals surface area contributed by atoms with Crippen molar-refractivity contribution in [2.24, 2.45) is 22.4 Å². The Labute approximate surface area is 231 Å². The highest BCUT2D eigenvalue weighted by atomic mass is 32.2. The van der Waals surface area contributed by atoms with Gasteiger partial charge in [0.15, 0.2) is 0 Å². The third-order valence-electron chi connectivity index (χ3n) is 6.37. The number of carbonyl (C=O) groups excluding carboxylic acids is 3. The summed E-state index contributed by atoms with van der Waals surface area (Å²) < 4.78 is 27.3. The molecule has 0 saturated carbocycles. The number of carbonyl (C=O) groups is 3. The first-order valence-electron chi connectivity index (χ1n) is 13.4. The van der Waals surface area contributed by atoms with Crippen LogP contribution in [0.25, 0.3) is 0 Å². The van der Waals surface area contributed by atoms with Gasteiger partial charge in [-0.05, 0) is 64.0 Å². The molecule has 3 amide bonds. The fraction of sp³-hybridized carbons (Fsp3) is 0.615. The molecule has 0 unspecified atom stereocenters. The van der Waals surface area contributed by atoms with E-state index in [1.165, 1.54) is 17.0 Å². The zero-order valence-electron chi connectivity index (χ0n) is 23.3. The molecule has 1 aromatic carbocycles. The van der Waals surface area contributed by atoms with Gasteiger partial charge in [-0.2, -0.15) is 0 Å². The van der Waals surface area contributed by atoms with Crippen molar-refractivity contribution in [2.75, 3.05) is 19.6 Å². The molecule has 13 heteroatoms. The highest BCUT2D eigenvalue weighted by Crippen LogP contribution is 2.20. The number of guanidine groups is 1. The predicted octanol–water partition coefficient (Wildman–Crippen LogP) is 0.354. The van der Waals surface area contributed by atoms with Gasteiger partial charge in [0.2, 0.25) is 23.7 Å². The van der Waals surface area contributed by atoms with Gasteiger partial charge in [0, 0.05) is 19.6 Å². The van der Waals surface area contributed by atoms with Gasteiger partial charge in [0.25, 0.3) is 10.0 Å². The van der Waals surface area contributed by atoms with Gasteiger partial charge in [0.1, 0.15) is 12.1 Å². The van der Waals surface area contributed by atoms with Crippen LogP contribution in [-0.2, 0) is 24.4 Å². The zero-order chi connectivity index (χ0) is 29.2. The number of nitrogens with two attached hydrogens (primary N) is 2. The predicted molar refractivity (Wildman–Crippen MR) is 150 cm³/mol. The van der Waals surface area contributed by atoms with Crippen molar-refractivity contribution in [1.82, 2.24) is 20.3 Å². The molecule has 12 nitrogen and oxygen atoms in total. The van der Waals surface area contributed by atoms with E-state index in [2.05, 4.69) is 20.3 Å². The summed E-state index contributed by atoms with van der Waals surface area (Å²) in [7, 11) is -3.88. The largest absolute Gasteiger partial charge is 0.369 e. The molecule has 0 spiro atoms. The van der Waals surface area contributed by atoms with Crippen molar-refractivity contribution in [2.45, 2.75) is 82.8 Å². The van der Waals surface area contributed by atoms with Gasteiger partial charge in [-0.3, -0.25) is 19.4 Å². The molecule has 3 atom stereocenters. The summed E-state index contributed by atoms with van der Waals surface area (Å²) in [5.74, 6) is -1.10. The SMILES string of the molecule is CCNC(=O)[C@@H]1CCCN1C(=O)[C@H](CCCN=C(N)NS(=O)(=O)c1ccc(C)cc1)NC(=O)[C@@H](N)CC(C)C. The Kier molecular flexibility index (Phi) is 12.2. The fourth-order valence-corrected chi connectivity index (χ4v) is 5.34. The van der Waals surface area contributed by atoms with Crippen LogP contribution in [0.5, 0.6) is 0 Å². The van der Waals surface area contributed by atoms with Crippen molar-refractivity contribution in [3.8, 4) is 0 Å². The zero-order valence-corrected chi connectivity index (χ0v) is 24.1. The van der Waals surface area contributed by atoms with Crippen LogP contribution < -0.4 is 26.8 Å². The van der Waals surface area contributed by atoms with Crippen LogP contribution in [0.2, 0.25) is 0 Å². The number of rotatable bonds is 13. The Morgan fingerprint density at radius 1 is 1.18 bits per heavy atom. The Morgan fingerprint density at radius 2 is 1.85 bits per heavy atom. The Bertz CT molecular complexity index is 1120. The molecule has 1 aliphatic heterocycles. The van der Waals surface area contributed by atoms with E-state index in [-0.39, 0.29) is 41.6 Å². The summed E-state index contributed by atoms with van der Waals surface area (Å²) in [6.45, 7) is 8.54. The number of sulfonamides is 1. The highest BCUT2D eigenvalue weighted by Gasteiger charge is 2.37.